The van der Waals surface area contributed by atoms with Crippen molar-refractivity contribution in [2.24, 2.45) is 0 Å². The fourth-order valence-corrected chi connectivity index (χ4v) is 1.77. The minimum absolute atomic E-state index is 0.153. The van der Waals surface area contributed by atoms with Gasteiger partial charge in [0.05, 0.1) is 0 Å². The van der Waals surface area contributed by atoms with Crippen molar-refractivity contribution in [2.75, 3.05) is 26.2 Å². The van der Waals surface area contributed by atoms with Crippen molar-refractivity contribution < 1.29 is 4.79 Å². The largest absolute Gasteiger partial charge is 0.338 e. The van der Waals surface area contributed by atoms with Crippen LogP contribution in [0.1, 0.15) is 13.0 Å². The lowest BCUT2D eigenvalue weighted by Crippen LogP contribution is -2.48. The van der Waals surface area contributed by atoms with Gasteiger partial charge in [-0.1, -0.05) is 0 Å². The van der Waals surface area contributed by atoms with Gasteiger partial charge in [-0.2, -0.15) is 5.10 Å². The zero-order chi connectivity index (χ0) is 10.7. The SMILES string of the molecule is CC(C(=O)N1CCNCC1)n1cccn1. The molecule has 1 unspecified atom stereocenters. The molecule has 1 aromatic rings. The van der Waals surface area contributed by atoms with Gasteiger partial charge < -0.3 is 10.2 Å². The van der Waals surface area contributed by atoms with Crippen molar-refractivity contribution in [1.29, 1.82) is 0 Å². The summed E-state index contributed by atoms with van der Waals surface area (Å²) in [5.41, 5.74) is 0. The number of carbonyl (C=O) groups excluding carboxylic acids is 1. The molecule has 1 fully saturated rings. The number of aromatic nitrogens is 2. The molecule has 2 heterocycles. The lowest BCUT2D eigenvalue weighted by Gasteiger charge is -2.29. The third kappa shape index (κ3) is 2.18. The second-order valence-electron chi connectivity index (χ2n) is 3.74. The summed E-state index contributed by atoms with van der Waals surface area (Å²) in [4.78, 5) is 13.9. The number of nitrogens with one attached hydrogen (secondary N) is 1. The summed E-state index contributed by atoms with van der Waals surface area (Å²) < 4.78 is 1.70. The van der Waals surface area contributed by atoms with E-state index in [1.165, 1.54) is 0 Å². The van der Waals surface area contributed by atoms with Crippen molar-refractivity contribution in [1.82, 2.24) is 20.0 Å². The normalized spacial score (nSPS) is 18.9. The van der Waals surface area contributed by atoms with Crippen LogP contribution in [0.4, 0.5) is 0 Å². The predicted molar refractivity (Wildman–Crippen MR) is 56.4 cm³/mol. The highest BCUT2D eigenvalue weighted by Crippen LogP contribution is 2.08. The Labute approximate surface area is 89.1 Å². The van der Waals surface area contributed by atoms with E-state index in [-0.39, 0.29) is 11.9 Å². The highest BCUT2D eigenvalue weighted by Gasteiger charge is 2.22. The number of piperazine rings is 1. The molecule has 5 heteroatoms. The summed E-state index contributed by atoms with van der Waals surface area (Å²) in [6, 6.07) is 1.64. The average molecular weight is 208 g/mol. The quantitative estimate of drug-likeness (QED) is 0.737. The minimum atomic E-state index is -0.196. The minimum Gasteiger partial charge on any atom is -0.338 e. The fraction of sp³-hybridized carbons (Fsp3) is 0.600. The number of carbonyl (C=O) groups is 1. The van der Waals surface area contributed by atoms with Gasteiger partial charge in [0.15, 0.2) is 0 Å². The first-order valence-corrected chi connectivity index (χ1v) is 5.27. The van der Waals surface area contributed by atoms with Crippen LogP contribution in [-0.2, 0) is 4.79 Å². The highest BCUT2D eigenvalue weighted by molar-refractivity contribution is 5.80. The molecular formula is C10H16N4O. The zero-order valence-electron chi connectivity index (χ0n) is 8.89. The van der Waals surface area contributed by atoms with Gasteiger partial charge >= 0.3 is 0 Å². The molecule has 1 N–H and O–H groups in total. The molecule has 1 saturated heterocycles. The third-order valence-electron chi connectivity index (χ3n) is 2.71. The van der Waals surface area contributed by atoms with Gasteiger partial charge in [-0.25, -0.2) is 0 Å². The zero-order valence-corrected chi connectivity index (χ0v) is 8.89. The molecule has 0 spiro atoms. The van der Waals surface area contributed by atoms with Crippen LogP contribution in [0.2, 0.25) is 0 Å². The molecule has 15 heavy (non-hydrogen) atoms. The Morgan fingerprint density at radius 3 is 2.80 bits per heavy atom. The first-order chi connectivity index (χ1) is 7.29. The van der Waals surface area contributed by atoms with Crippen LogP contribution < -0.4 is 5.32 Å². The molecule has 1 amide bonds. The average Bonchev–Trinajstić information content (AvgIpc) is 2.82. The number of rotatable bonds is 2. The van der Waals surface area contributed by atoms with E-state index in [0.29, 0.717) is 0 Å². The first kappa shape index (κ1) is 10.2. The summed E-state index contributed by atoms with van der Waals surface area (Å²) in [6.07, 6.45) is 3.52. The van der Waals surface area contributed by atoms with Crippen molar-refractivity contribution in [3.63, 3.8) is 0 Å². The van der Waals surface area contributed by atoms with Gasteiger partial charge in [0, 0.05) is 38.6 Å². The van der Waals surface area contributed by atoms with Crippen molar-refractivity contribution >= 4 is 5.91 Å². The van der Waals surface area contributed by atoms with Gasteiger partial charge in [0.25, 0.3) is 0 Å². The standard InChI is InChI=1S/C10H16N4O/c1-9(14-6-2-3-12-14)10(15)13-7-4-11-5-8-13/h2-3,6,9,11H,4-5,7-8H2,1H3. The molecule has 1 aliphatic heterocycles. The predicted octanol–water partition coefficient (Wildman–Crippen LogP) is -0.124. The van der Waals surface area contributed by atoms with Crippen LogP contribution in [0.15, 0.2) is 18.5 Å². The molecule has 0 aliphatic carbocycles. The highest BCUT2D eigenvalue weighted by atomic mass is 16.2. The molecule has 0 radical (unpaired) electrons. The van der Waals surface area contributed by atoms with Crippen molar-refractivity contribution in [2.45, 2.75) is 13.0 Å². The molecule has 2 rings (SSSR count). The maximum Gasteiger partial charge on any atom is 0.247 e. The van der Waals surface area contributed by atoms with Gasteiger partial charge in [0.1, 0.15) is 6.04 Å². The van der Waals surface area contributed by atoms with E-state index in [4.69, 9.17) is 0 Å². The van der Waals surface area contributed by atoms with Crippen LogP contribution in [0, 0.1) is 0 Å². The summed E-state index contributed by atoms with van der Waals surface area (Å²) in [7, 11) is 0. The van der Waals surface area contributed by atoms with E-state index in [1.807, 2.05) is 24.1 Å². The Bertz CT molecular complexity index is 316. The van der Waals surface area contributed by atoms with E-state index < -0.39 is 0 Å². The molecule has 1 aliphatic rings. The van der Waals surface area contributed by atoms with Crippen LogP contribution in [0.5, 0.6) is 0 Å². The molecule has 5 nitrogen and oxygen atoms in total. The van der Waals surface area contributed by atoms with Crippen LogP contribution in [-0.4, -0.2) is 46.8 Å². The third-order valence-corrected chi connectivity index (χ3v) is 2.71. The summed E-state index contributed by atoms with van der Waals surface area (Å²) in [5.74, 6) is 0.153. The van der Waals surface area contributed by atoms with Crippen molar-refractivity contribution in [3.05, 3.63) is 18.5 Å². The number of amides is 1. The van der Waals surface area contributed by atoms with Crippen LogP contribution in [0.3, 0.4) is 0 Å². The molecule has 1 atom stereocenters. The Morgan fingerprint density at radius 1 is 1.47 bits per heavy atom. The van der Waals surface area contributed by atoms with E-state index in [0.717, 1.165) is 26.2 Å². The van der Waals surface area contributed by atoms with Gasteiger partial charge in [-0.15, -0.1) is 0 Å². The van der Waals surface area contributed by atoms with E-state index in [9.17, 15) is 4.79 Å². The Morgan fingerprint density at radius 2 is 2.20 bits per heavy atom. The van der Waals surface area contributed by atoms with Crippen LogP contribution >= 0.6 is 0 Å². The molecule has 0 aromatic carbocycles. The van der Waals surface area contributed by atoms with Gasteiger partial charge in [-0.3, -0.25) is 9.48 Å². The maximum absolute atomic E-state index is 12.0. The summed E-state index contributed by atoms with van der Waals surface area (Å²) in [6.45, 7) is 5.25. The number of hydrogen-bond donors (Lipinski definition) is 1. The topological polar surface area (TPSA) is 50.2 Å². The fourth-order valence-electron chi connectivity index (χ4n) is 1.77. The number of nitrogens with zero attached hydrogens (tertiary/aromatic N) is 3. The lowest BCUT2D eigenvalue weighted by molar-refractivity contribution is -0.135. The van der Waals surface area contributed by atoms with E-state index in [2.05, 4.69) is 10.4 Å². The van der Waals surface area contributed by atoms with Gasteiger partial charge in [0.2, 0.25) is 5.91 Å². The second-order valence-corrected chi connectivity index (χ2v) is 3.74. The van der Waals surface area contributed by atoms with E-state index in [1.54, 1.807) is 10.9 Å². The Kier molecular flexibility index (Phi) is 3.01. The Balaban J connectivity index is 2.00. The molecular weight excluding hydrogens is 192 g/mol. The first-order valence-electron chi connectivity index (χ1n) is 5.27. The molecule has 82 valence electrons. The lowest BCUT2D eigenvalue weighted by atomic mass is 10.2. The summed E-state index contributed by atoms with van der Waals surface area (Å²) in [5, 5.41) is 7.31. The second kappa shape index (κ2) is 4.44. The van der Waals surface area contributed by atoms with Gasteiger partial charge in [-0.05, 0) is 13.0 Å². The molecule has 1 aromatic heterocycles. The van der Waals surface area contributed by atoms with E-state index >= 15 is 0 Å². The van der Waals surface area contributed by atoms with Crippen molar-refractivity contribution in [3.8, 4) is 0 Å². The molecule has 0 bridgehead atoms. The monoisotopic (exact) mass is 208 g/mol. The van der Waals surface area contributed by atoms with Crippen LogP contribution in [0.25, 0.3) is 0 Å². The smallest absolute Gasteiger partial charge is 0.247 e. The Hall–Kier alpha value is -1.36. The molecule has 0 saturated carbocycles. The maximum atomic E-state index is 12.0. The summed E-state index contributed by atoms with van der Waals surface area (Å²) >= 11 is 0. The number of hydrogen-bond acceptors (Lipinski definition) is 3.